The summed E-state index contributed by atoms with van der Waals surface area (Å²) in [4.78, 5) is 2.61. The summed E-state index contributed by atoms with van der Waals surface area (Å²) in [6.45, 7) is 11.1. The van der Waals surface area contributed by atoms with Gasteiger partial charge in [-0.15, -0.1) is 0 Å². The lowest BCUT2D eigenvalue weighted by molar-refractivity contribution is -0.0796. The monoisotopic (exact) mass is 518 g/mol. The van der Waals surface area contributed by atoms with E-state index in [0.717, 1.165) is 42.9 Å². The van der Waals surface area contributed by atoms with Crippen LogP contribution in [0, 0.1) is 40.9 Å². The van der Waals surface area contributed by atoms with Crippen molar-refractivity contribution in [1.29, 1.82) is 0 Å². The molecule has 0 radical (unpaired) electrons. The zero-order valence-corrected chi connectivity index (χ0v) is 24.4. The normalized spacial score (nSPS) is 51.4. The van der Waals surface area contributed by atoms with E-state index in [9.17, 15) is 8.42 Å². The first-order valence-corrected chi connectivity index (χ1v) is 16.8. The van der Waals surface area contributed by atoms with E-state index in [-0.39, 0.29) is 11.6 Å². The Hall–Kier alpha value is -0.430. The fourth-order valence-electron chi connectivity index (χ4n) is 10.8. The van der Waals surface area contributed by atoms with Crippen LogP contribution < -0.4 is 4.72 Å². The standard InChI is InChI=1S/C30H50N2O3S/c1-18-13-27-28(32(5)17-18)20(3)30(35-27)12-10-23-24-8-7-21-14-22(31-36(6,33)34)9-11-29(21,4)26(24)15-25(23)19(2)16-30/h18,20-24,26-28,31H,7-17H2,1-6H3/t18-,20+,21?,22+,23-,24?,26-,27?,28?,29?,30?/m0/s1. The molecule has 0 aromatic carbocycles. The Bertz CT molecular complexity index is 1030. The van der Waals surface area contributed by atoms with E-state index >= 15 is 0 Å². The number of likely N-dealkylation sites (tertiary alicyclic amines) is 1. The Morgan fingerprint density at radius 3 is 2.61 bits per heavy atom. The van der Waals surface area contributed by atoms with Crippen molar-refractivity contribution in [3.05, 3.63) is 11.1 Å². The number of allylic oxidation sites excluding steroid dienone is 1. The van der Waals surface area contributed by atoms with Crippen LogP contribution in [-0.2, 0) is 14.8 Å². The second-order valence-corrected chi connectivity index (χ2v) is 16.3. The van der Waals surface area contributed by atoms with Crippen LogP contribution in [0.3, 0.4) is 0 Å². The molecular weight excluding hydrogens is 468 g/mol. The number of fused-ring (bicyclic) bond motifs is 6. The van der Waals surface area contributed by atoms with Crippen LogP contribution in [0.15, 0.2) is 11.1 Å². The summed E-state index contributed by atoms with van der Waals surface area (Å²) in [6, 6.07) is 0.711. The van der Waals surface area contributed by atoms with Crippen molar-refractivity contribution < 1.29 is 13.2 Å². The highest BCUT2D eigenvalue weighted by molar-refractivity contribution is 7.88. The fraction of sp³-hybridized carbons (Fsp3) is 0.933. The molecule has 6 rings (SSSR count). The van der Waals surface area contributed by atoms with Gasteiger partial charge in [0.1, 0.15) is 0 Å². The van der Waals surface area contributed by atoms with Gasteiger partial charge in [-0.25, -0.2) is 13.1 Å². The van der Waals surface area contributed by atoms with Gasteiger partial charge in [0, 0.05) is 24.5 Å². The molecule has 0 aromatic heterocycles. The van der Waals surface area contributed by atoms with Crippen molar-refractivity contribution >= 4 is 10.0 Å². The Morgan fingerprint density at radius 2 is 1.86 bits per heavy atom. The third-order valence-electron chi connectivity index (χ3n) is 12.4. The van der Waals surface area contributed by atoms with E-state index in [1.165, 1.54) is 57.7 Å². The van der Waals surface area contributed by atoms with E-state index in [2.05, 4.69) is 44.4 Å². The van der Waals surface area contributed by atoms with Gasteiger partial charge in [0.05, 0.1) is 18.0 Å². The molecule has 36 heavy (non-hydrogen) atoms. The fourth-order valence-corrected chi connectivity index (χ4v) is 11.6. The number of sulfonamides is 1. The molecule has 0 aromatic rings. The number of likely N-dealkylation sites (N-methyl/N-ethyl adjacent to an activating group) is 1. The minimum atomic E-state index is -3.13. The molecule has 11 atom stereocenters. The van der Waals surface area contributed by atoms with Gasteiger partial charge in [-0.3, -0.25) is 0 Å². The lowest BCUT2D eigenvalue weighted by atomic mass is 9.52. The van der Waals surface area contributed by atoms with Crippen LogP contribution in [0.25, 0.3) is 0 Å². The maximum Gasteiger partial charge on any atom is 0.208 e. The van der Waals surface area contributed by atoms with Crippen LogP contribution >= 0.6 is 0 Å². The maximum absolute atomic E-state index is 11.9. The van der Waals surface area contributed by atoms with Crippen LogP contribution in [-0.4, -0.2) is 57.0 Å². The molecule has 5 nitrogen and oxygen atoms in total. The van der Waals surface area contributed by atoms with Crippen molar-refractivity contribution in [1.82, 2.24) is 9.62 Å². The minimum absolute atomic E-state index is 0.0288. The average Bonchev–Trinajstić information content (AvgIpc) is 3.23. The largest absolute Gasteiger partial charge is 0.369 e. The van der Waals surface area contributed by atoms with Gasteiger partial charge in [0.25, 0.3) is 0 Å². The van der Waals surface area contributed by atoms with Gasteiger partial charge < -0.3 is 9.64 Å². The zero-order valence-electron chi connectivity index (χ0n) is 23.6. The van der Waals surface area contributed by atoms with E-state index in [4.69, 9.17) is 4.74 Å². The summed E-state index contributed by atoms with van der Waals surface area (Å²) in [5, 5.41) is 0. The summed E-state index contributed by atoms with van der Waals surface area (Å²) >= 11 is 0. The lowest BCUT2D eigenvalue weighted by Gasteiger charge is -2.54. The molecule has 2 aliphatic heterocycles. The van der Waals surface area contributed by atoms with Crippen molar-refractivity contribution in [2.24, 2.45) is 40.9 Å². The van der Waals surface area contributed by atoms with Gasteiger partial charge in [0.15, 0.2) is 0 Å². The smallest absolute Gasteiger partial charge is 0.208 e. The second-order valence-electron chi connectivity index (χ2n) is 14.5. The summed E-state index contributed by atoms with van der Waals surface area (Å²) in [6.07, 6.45) is 13.7. The first-order valence-electron chi connectivity index (χ1n) is 14.9. The Balaban J connectivity index is 1.23. The number of hydrogen-bond acceptors (Lipinski definition) is 4. The molecule has 6 heteroatoms. The van der Waals surface area contributed by atoms with Crippen LogP contribution in [0.1, 0.15) is 91.9 Å². The molecule has 2 heterocycles. The predicted molar refractivity (Wildman–Crippen MR) is 145 cm³/mol. The summed E-state index contributed by atoms with van der Waals surface area (Å²) < 4.78 is 33.8. The molecule has 4 aliphatic carbocycles. The highest BCUT2D eigenvalue weighted by Gasteiger charge is 2.60. The van der Waals surface area contributed by atoms with E-state index in [1.807, 2.05) is 0 Å². The van der Waals surface area contributed by atoms with Gasteiger partial charge in [0.2, 0.25) is 10.0 Å². The second kappa shape index (κ2) is 8.79. The van der Waals surface area contributed by atoms with E-state index in [1.54, 1.807) is 11.1 Å². The lowest BCUT2D eigenvalue weighted by Crippen LogP contribution is -2.50. The molecule has 5 fully saturated rings. The van der Waals surface area contributed by atoms with Crippen LogP contribution in [0.5, 0.6) is 0 Å². The van der Waals surface area contributed by atoms with E-state index < -0.39 is 10.0 Å². The van der Waals surface area contributed by atoms with Crippen molar-refractivity contribution in [3.8, 4) is 0 Å². The molecule has 0 bridgehead atoms. The molecule has 1 N–H and O–H groups in total. The Kier molecular flexibility index (Phi) is 6.31. The minimum Gasteiger partial charge on any atom is -0.369 e. The Morgan fingerprint density at radius 1 is 1.08 bits per heavy atom. The maximum atomic E-state index is 11.9. The van der Waals surface area contributed by atoms with Crippen molar-refractivity contribution in [2.75, 3.05) is 19.8 Å². The number of hydrogen-bond donors (Lipinski definition) is 1. The first kappa shape index (κ1) is 25.8. The number of rotatable bonds is 2. The molecular formula is C30H50N2O3S. The highest BCUT2D eigenvalue weighted by Crippen LogP contribution is 2.65. The van der Waals surface area contributed by atoms with Crippen LogP contribution in [0.2, 0.25) is 0 Å². The van der Waals surface area contributed by atoms with E-state index in [0.29, 0.717) is 29.4 Å². The summed E-state index contributed by atoms with van der Waals surface area (Å²) in [7, 11) is -0.804. The van der Waals surface area contributed by atoms with Crippen molar-refractivity contribution in [2.45, 2.75) is 116 Å². The third kappa shape index (κ3) is 4.07. The molecule has 6 aliphatic rings. The number of nitrogens with zero attached hydrogens (tertiary/aromatic N) is 1. The zero-order chi connectivity index (χ0) is 25.6. The molecule has 3 saturated carbocycles. The Labute approximate surface area is 220 Å². The summed E-state index contributed by atoms with van der Waals surface area (Å²) in [5.41, 5.74) is 3.84. The topological polar surface area (TPSA) is 58.6 Å². The third-order valence-corrected chi connectivity index (χ3v) is 13.1. The number of ether oxygens (including phenoxy) is 1. The molecule has 1 spiro atoms. The molecule has 2 saturated heterocycles. The van der Waals surface area contributed by atoms with Gasteiger partial charge in [-0.05, 0) is 113 Å². The van der Waals surface area contributed by atoms with Gasteiger partial charge in [-0.1, -0.05) is 31.9 Å². The average molecular weight is 519 g/mol. The SMILES string of the molecule is CC1=C2C[C@H]3C(CCC4C[C@H](NS(C)(=O)=O)CCC43C)[C@@H]2CCC2(C1)OC1C[C@H](C)CN(C)C1[C@H]2C. The van der Waals surface area contributed by atoms with Gasteiger partial charge in [-0.2, -0.15) is 0 Å². The van der Waals surface area contributed by atoms with Crippen LogP contribution in [0.4, 0.5) is 0 Å². The number of nitrogens with one attached hydrogen (secondary N) is 1. The molecule has 0 amide bonds. The quantitative estimate of drug-likeness (QED) is 0.499. The van der Waals surface area contributed by atoms with Crippen molar-refractivity contribution in [3.63, 3.8) is 0 Å². The number of piperidine rings is 1. The molecule has 6 unspecified atom stereocenters. The van der Waals surface area contributed by atoms with Gasteiger partial charge >= 0.3 is 0 Å². The first-order chi connectivity index (χ1) is 16.9. The predicted octanol–water partition coefficient (Wildman–Crippen LogP) is 5.37. The highest BCUT2D eigenvalue weighted by atomic mass is 32.2. The molecule has 204 valence electrons. The summed E-state index contributed by atoms with van der Waals surface area (Å²) in [5.74, 6) is 4.30.